The van der Waals surface area contributed by atoms with Gasteiger partial charge in [0.25, 0.3) is 0 Å². The fourth-order valence-corrected chi connectivity index (χ4v) is 1.59. The minimum absolute atomic E-state index is 0.232. The van der Waals surface area contributed by atoms with Crippen molar-refractivity contribution in [2.24, 2.45) is 0 Å². The third kappa shape index (κ3) is 3.75. The van der Waals surface area contributed by atoms with Gasteiger partial charge in [0.15, 0.2) is 11.9 Å². The van der Waals surface area contributed by atoms with Gasteiger partial charge < -0.3 is 19.6 Å². The van der Waals surface area contributed by atoms with Crippen LogP contribution < -0.4 is 4.74 Å². The second-order valence-corrected chi connectivity index (χ2v) is 4.09. The van der Waals surface area contributed by atoms with Crippen LogP contribution in [0.4, 0.5) is 5.82 Å². The van der Waals surface area contributed by atoms with Gasteiger partial charge in [-0.2, -0.15) is 0 Å². The number of hydrogen-bond acceptors (Lipinski definition) is 6. The van der Waals surface area contributed by atoms with Crippen LogP contribution >= 0.6 is 0 Å². The molecule has 0 radical (unpaired) electrons. The van der Waals surface area contributed by atoms with E-state index in [9.17, 15) is 14.9 Å². The van der Waals surface area contributed by atoms with Crippen LogP contribution in [0.25, 0.3) is 0 Å². The molecule has 2 rings (SSSR count). The van der Waals surface area contributed by atoms with Gasteiger partial charge >= 0.3 is 11.8 Å². The molecule has 0 fully saturated rings. The summed E-state index contributed by atoms with van der Waals surface area (Å²) < 4.78 is 10.1. The van der Waals surface area contributed by atoms with Crippen molar-refractivity contribution in [1.82, 2.24) is 4.98 Å². The van der Waals surface area contributed by atoms with E-state index < -0.39 is 10.9 Å². The van der Waals surface area contributed by atoms with Crippen LogP contribution in [0.3, 0.4) is 0 Å². The first-order valence-corrected chi connectivity index (χ1v) is 6.00. The van der Waals surface area contributed by atoms with Gasteiger partial charge in [-0.05, 0) is 33.7 Å². The summed E-state index contributed by atoms with van der Waals surface area (Å²) in [5, 5.41) is 10.5. The van der Waals surface area contributed by atoms with Crippen LogP contribution in [0.2, 0.25) is 0 Å². The zero-order valence-electron chi connectivity index (χ0n) is 11.2. The van der Waals surface area contributed by atoms with E-state index in [1.807, 2.05) is 0 Å². The summed E-state index contributed by atoms with van der Waals surface area (Å²) in [5.41, 5.74) is 1.30. The first-order valence-electron chi connectivity index (χ1n) is 6.00. The third-order valence-corrected chi connectivity index (χ3v) is 2.69. The molecule has 0 unspecified atom stereocenters. The SMILES string of the molecule is COC(=O)c1ccc(COc2ccc([N+](=O)[O-])nc2)cc1. The summed E-state index contributed by atoms with van der Waals surface area (Å²) in [4.78, 5) is 24.8. The summed E-state index contributed by atoms with van der Waals surface area (Å²) in [6.07, 6.45) is 1.29. The quantitative estimate of drug-likeness (QED) is 0.476. The molecule has 21 heavy (non-hydrogen) atoms. The Hall–Kier alpha value is -2.96. The van der Waals surface area contributed by atoms with Gasteiger partial charge in [0.05, 0.1) is 12.7 Å². The largest absolute Gasteiger partial charge is 0.485 e. The van der Waals surface area contributed by atoms with E-state index in [1.165, 1.54) is 25.4 Å². The van der Waals surface area contributed by atoms with Crippen molar-refractivity contribution in [1.29, 1.82) is 0 Å². The van der Waals surface area contributed by atoms with Gasteiger partial charge in [-0.1, -0.05) is 12.1 Å². The highest BCUT2D eigenvalue weighted by molar-refractivity contribution is 5.89. The van der Waals surface area contributed by atoms with Gasteiger partial charge in [0.1, 0.15) is 6.61 Å². The molecule has 0 N–H and O–H groups in total. The van der Waals surface area contributed by atoms with Crippen molar-refractivity contribution >= 4 is 11.8 Å². The molecule has 0 aliphatic rings. The van der Waals surface area contributed by atoms with Crippen LogP contribution in [-0.4, -0.2) is 23.0 Å². The summed E-state index contributed by atoms with van der Waals surface area (Å²) in [6, 6.07) is 9.51. The van der Waals surface area contributed by atoms with Crippen molar-refractivity contribution in [3.8, 4) is 5.75 Å². The van der Waals surface area contributed by atoms with E-state index in [0.29, 0.717) is 11.3 Å². The van der Waals surface area contributed by atoms with E-state index in [4.69, 9.17) is 4.74 Å². The van der Waals surface area contributed by atoms with E-state index in [2.05, 4.69) is 9.72 Å². The number of benzene rings is 1. The fourth-order valence-electron chi connectivity index (χ4n) is 1.59. The number of rotatable bonds is 5. The maximum Gasteiger partial charge on any atom is 0.363 e. The van der Waals surface area contributed by atoms with Crippen molar-refractivity contribution in [3.05, 3.63) is 63.8 Å². The summed E-state index contributed by atoms with van der Waals surface area (Å²) in [6.45, 7) is 0.265. The van der Waals surface area contributed by atoms with Crippen molar-refractivity contribution in [3.63, 3.8) is 0 Å². The number of esters is 1. The number of methoxy groups -OCH3 is 1. The predicted molar refractivity (Wildman–Crippen MR) is 73.0 cm³/mol. The lowest BCUT2D eigenvalue weighted by Crippen LogP contribution is -2.02. The Kier molecular flexibility index (Phi) is 4.45. The van der Waals surface area contributed by atoms with Gasteiger partial charge in [-0.25, -0.2) is 4.79 Å². The molecule has 1 aromatic heterocycles. The molecule has 0 aliphatic heterocycles. The molecular formula is C14H12N2O5. The van der Waals surface area contributed by atoms with Crippen LogP contribution in [0.1, 0.15) is 15.9 Å². The van der Waals surface area contributed by atoms with Gasteiger partial charge in [-0.3, -0.25) is 0 Å². The maximum absolute atomic E-state index is 11.3. The monoisotopic (exact) mass is 288 g/mol. The number of carbonyl (C=O) groups is 1. The minimum atomic E-state index is -0.574. The molecule has 108 valence electrons. The number of ether oxygens (including phenoxy) is 2. The maximum atomic E-state index is 11.3. The zero-order chi connectivity index (χ0) is 15.2. The second kappa shape index (κ2) is 6.47. The lowest BCUT2D eigenvalue weighted by atomic mass is 10.1. The van der Waals surface area contributed by atoms with Crippen LogP contribution in [0.5, 0.6) is 5.75 Å². The lowest BCUT2D eigenvalue weighted by Gasteiger charge is -2.05. The first kappa shape index (κ1) is 14.4. The second-order valence-electron chi connectivity index (χ2n) is 4.09. The normalized spacial score (nSPS) is 9.95. The Morgan fingerprint density at radius 1 is 1.24 bits per heavy atom. The highest BCUT2D eigenvalue weighted by atomic mass is 16.6. The Morgan fingerprint density at radius 3 is 2.48 bits per heavy atom. The minimum Gasteiger partial charge on any atom is -0.485 e. The summed E-state index contributed by atoms with van der Waals surface area (Å²) in [5.74, 6) is -0.204. The Bertz CT molecular complexity index is 637. The van der Waals surface area contributed by atoms with Gasteiger partial charge in [-0.15, -0.1) is 0 Å². The Labute approximate surface area is 120 Å². The average molecular weight is 288 g/mol. The molecule has 7 nitrogen and oxygen atoms in total. The number of hydrogen-bond donors (Lipinski definition) is 0. The highest BCUT2D eigenvalue weighted by Crippen LogP contribution is 2.15. The number of aromatic nitrogens is 1. The van der Waals surface area contributed by atoms with E-state index in [0.717, 1.165) is 5.56 Å². The molecule has 1 heterocycles. The van der Waals surface area contributed by atoms with E-state index in [-0.39, 0.29) is 12.4 Å². The first-order chi connectivity index (χ1) is 10.1. The molecule has 0 aliphatic carbocycles. The Balaban J connectivity index is 1.96. The topological polar surface area (TPSA) is 91.6 Å². The fraction of sp³-hybridized carbons (Fsp3) is 0.143. The summed E-state index contributed by atoms with van der Waals surface area (Å²) >= 11 is 0. The molecule has 0 saturated carbocycles. The molecule has 0 atom stereocenters. The highest BCUT2D eigenvalue weighted by Gasteiger charge is 2.08. The van der Waals surface area contributed by atoms with E-state index >= 15 is 0 Å². The third-order valence-electron chi connectivity index (χ3n) is 2.69. The van der Waals surface area contributed by atoms with Crippen molar-refractivity contribution in [2.75, 3.05) is 7.11 Å². The zero-order valence-corrected chi connectivity index (χ0v) is 11.2. The van der Waals surface area contributed by atoms with Crippen molar-refractivity contribution < 1.29 is 19.2 Å². The van der Waals surface area contributed by atoms with Gasteiger partial charge in [0.2, 0.25) is 0 Å². The molecule has 0 amide bonds. The number of nitrogens with zero attached hydrogens (tertiary/aromatic N) is 2. The lowest BCUT2D eigenvalue weighted by molar-refractivity contribution is -0.389. The van der Waals surface area contributed by atoms with Crippen LogP contribution in [0.15, 0.2) is 42.6 Å². The van der Waals surface area contributed by atoms with Gasteiger partial charge in [0, 0.05) is 6.07 Å². The smallest absolute Gasteiger partial charge is 0.363 e. The molecule has 7 heteroatoms. The number of carbonyl (C=O) groups excluding carboxylic acids is 1. The van der Waals surface area contributed by atoms with Crippen molar-refractivity contribution in [2.45, 2.75) is 6.61 Å². The molecule has 0 bridgehead atoms. The molecule has 0 spiro atoms. The van der Waals surface area contributed by atoms with Crippen LogP contribution in [-0.2, 0) is 11.3 Å². The molecule has 2 aromatic rings. The average Bonchev–Trinajstić information content (AvgIpc) is 2.53. The number of pyridine rings is 1. The molecular weight excluding hydrogens is 276 g/mol. The molecule has 0 saturated heterocycles. The predicted octanol–water partition coefficient (Wildman–Crippen LogP) is 2.36. The van der Waals surface area contributed by atoms with E-state index in [1.54, 1.807) is 24.3 Å². The number of nitro groups is 1. The van der Waals surface area contributed by atoms with Crippen LogP contribution in [0, 0.1) is 10.1 Å². The molecule has 1 aromatic carbocycles. The standard InChI is InChI=1S/C14H12N2O5/c1-20-14(17)11-4-2-10(3-5-11)9-21-12-6-7-13(15-8-12)16(18)19/h2-8H,9H2,1H3. The summed E-state index contributed by atoms with van der Waals surface area (Å²) in [7, 11) is 1.32. The Morgan fingerprint density at radius 2 is 1.95 bits per heavy atom.